The lowest BCUT2D eigenvalue weighted by atomic mass is 9.85. The summed E-state index contributed by atoms with van der Waals surface area (Å²) in [5, 5.41) is 0. The molecular formula is C10H18F4O2. The molecule has 1 atom stereocenters. The highest BCUT2D eigenvalue weighted by Crippen LogP contribution is 2.42. The average Bonchev–Trinajstić information content (AvgIpc) is 1.99. The van der Waals surface area contributed by atoms with E-state index >= 15 is 0 Å². The first-order chi connectivity index (χ1) is 7.00. The number of ether oxygens (including phenoxy) is 2. The van der Waals surface area contributed by atoms with Crippen LogP contribution in [0.1, 0.15) is 34.6 Å². The molecule has 0 rings (SSSR count). The van der Waals surface area contributed by atoms with Crippen molar-refractivity contribution in [3.63, 3.8) is 0 Å². The Morgan fingerprint density at radius 3 is 1.75 bits per heavy atom. The lowest BCUT2D eigenvalue weighted by Crippen LogP contribution is -2.48. The molecule has 2 nitrogen and oxygen atoms in total. The van der Waals surface area contributed by atoms with E-state index in [1.54, 1.807) is 0 Å². The maximum atomic E-state index is 13.6. The van der Waals surface area contributed by atoms with Gasteiger partial charge in [0.15, 0.2) is 0 Å². The molecule has 0 bridgehead atoms. The highest BCUT2D eigenvalue weighted by Gasteiger charge is 2.53. The second kappa shape index (κ2) is 5.31. The standard InChI is InChI=1S/C10H18F4O2/c1-6(2)16-10(13,14)9(4,5)7(3)15-8(11)12/h6-8H,1-5H3. The third kappa shape index (κ3) is 3.90. The SMILES string of the molecule is CC(C)OC(F)(F)C(C)(C)C(C)OC(F)F. The van der Waals surface area contributed by atoms with Crippen molar-refractivity contribution in [2.24, 2.45) is 5.41 Å². The predicted octanol–water partition coefficient (Wildman–Crippen LogP) is 3.66. The Balaban J connectivity index is 4.73. The Morgan fingerprint density at radius 2 is 1.44 bits per heavy atom. The number of alkyl halides is 4. The van der Waals surface area contributed by atoms with Crippen LogP contribution in [-0.4, -0.2) is 24.9 Å². The summed E-state index contributed by atoms with van der Waals surface area (Å²) in [4.78, 5) is 0. The van der Waals surface area contributed by atoms with Crippen LogP contribution in [-0.2, 0) is 9.47 Å². The van der Waals surface area contributed by atoms with Crippen molar-refractivity contribution in [1.29, 1.82) is 0 Å². The van der Waals surface area contributed by atoms with Crippen LogP contribution < -0.4 is 0 Å². The molecule has 0 heterocycles. The second-order valence-corrected chi connectivity index (χ2v) is 4.44. The molecule has 98 valence electrons. The van der Waals surface area contributed by atoms with Crippen molar-refractivity contribution in [3.8, 4) is 0 Å². The van der Waals surface area contributed by atoms with E-state index < -0.39 is 30.3 Å². The van der Waals surface area contributed by atoms with Crippen molar-refractivity contribution in [2.45, 2.75) is 59.5 Å². The Kier molecular flexibility index (Phi) is 5.19. The predicted molar refractivity (Wildman–Crippen MR) is 51.5 cm³/mol. The van der Waals surface area contributed by atoms with Gasteiger partial charge in [0, 0.05) is 0 Å². The maximum absolute atomic E-state index is 13.6. The lowest BCUT2D eigenvalue weighted by Gasteiger charge is -2.38. The lowest BCUT2D eigenvalue weighted by molar-refractivity contribution is -0.342. The summed E-state index contributed by atoms with van der Waals surface area (Å²) in [6, 6.07) is 0. The van der Waals surface area contributed by atoms with E-state index in [1.165, 1.54) is 20.8 Å². The summed E-state index contributed by atoms with van der Waals surface area (Å²) in [5.74, 6) is 0. The van der Waals surface area contributed by atoms with Gasteiger partial charge in [-0.1, -0.05) is 0 Å². The van der Waals surface area contributed by atoms with E-state index in [4.69, 9.17) is 0 Å². The molecule has 0 aliphatic rings. The number of halogens is 4. The van der Waals surface area contributed by atoms with Gasteiger partial charge < -0.3 is 9.47 Å². The maximum Gasteiger partial charge on any atom is 0.363 e. The molecule has 6 heteroatoms. The van der Waals surface area contributed by atoms with Crippen LogP contribution in [0.25, 0.3) is 0 Å². The van der Waals surface area contributed by atoms with Gasteiger partial charge in [-0.05, 0) is 34.6 Å². The summed E-state index contributed by atoms with van der Waals surface area (Å²) in [6.07, 6.45) is -5.57. The Hall–Kier alpha value is -0.360. The largest absolute Gasteiger partial charge is 0.363 e. The smallest absolute Gasteiger partial charge is 0.319 e. The summed E-state index contributed by atoms with van der Waals surface area (Å²) in [6.45, 7) is 3.24. The van der Waals surface area contributed by atoms with Gasteiger partial charge in [-0.25, -0.2) is 0 Å². The summed E-state index contributed by atoms with van der Waals surface area (Å²) in [5.41, 5.74) is -1.84. The highest BCUT2D eigenvalue weighted by atomic mass is 19.3. The molecule has 0 N–H and O–H groups in total. The van der Waals surface area contributed by atoms with Gasteiger partial charge >= 0.3 is 12.7 Å². The first-order valence-electron chi connectivity index (χ1n) is 5.00. The molecule has 0 radical (unpaired) electrons. The van der Waals surface area contributed by atoms with Crippen LogP contribution >= 0.6 is 0 Å². The van der Waals surface area contributed by atoms with Crippen LogP contribution in [0.3, 0.4) is 0 Å². The molecular weight excluding hydrogens is 228 g/mol. The molecule has 1 unspecified atom stereocenters. The third-order valence-electron chi connectivity index (χ3n) is 2.46. The van der Waals surface area contributed by atoms with Gasteiger partial charge in [-0.2, -0.15) is 17.6 Å². The van der Waals surface area contributed by atoms with Crippen molar-refractivity contribution in [1.82, 2.24) is 0 Å². The van der Waals surface area contributed by atoms with Gasteiger partial charge in [0.1, 0.15) is 0 Å². The molecule has 0 aromatic rings. The summed E-state index contributed by atoms with van der Waals surface area (Å²) in [7, 11) is 0. The van der Waals surface area contributed by atoms with Gasteiger partial charge in [-0.3, -0.25) is 0 Å². The van der Waals surface area contributed by atoms with Gasteiger partial charge in [-0.15, -0.1) is 0 Å². The molecule has 0 aromatic heterocycles. The zero-order valence-corrected chi connectivity index (χ0v) is 10.1. The van der Waals surface area contributed by atoms with E-state index in [1.807, 2.05) is 0 Å². The van der Waals surface area contributed by atoms with Crippen molar-refractivity contribution in [2.75, 3.05) is 0 Å². The second-order valence-electron chi connectivity index (χ2n) is 4.44. The third-order valence-corrected chi connectivity index (χ3v) is 2.46. The fraction of sp³-hybridized carbons (Fsp3) is 1.00. The van der Waals surface area contributed by atoms with Crippen molar-refractivity contribution in [3.05, 3.63) is 0 Å². The highest BCUT2D eigenvalue weighted by molar-refractivity contribution is 4.84. The monoisotopic (exact) mass is 246 g/mol. The van der Waals surface area contributed by atoms with Crippen LogP contribution in [0, 0.1) is 5.41 Å². The average molecular weight is 246 g/mol. The molecule has 16 heavy (non-hydrogen) atoms. The molecule has 0 amide bonds. The zero-order chi connectivity index (χ0) is 13.1. The summed E-state index contributed by atoms with van der Waals surface area (Å²) >= 11 is 0. The fourth-order valence-electron chi connectivity index (χ4n) is 1.01. The molecule has 0 saturated heterocycles. The van der Waals surface area contributed by atoms with E-state index in [9.17, 15) is 17.6 Å². The molecule has 0 saturated carbocycles. The Morgan fingerprint density at radius 1 is 1.00 bits per heavy atom. The van der Waals surface area contributed by atoms with Crippen LogP contribution in [0.15, 0.2) is 0 Å². The van der Waals surface area contributed by atoms with Crippen LogP contribution in [0.2, 0.25) is 0 Å². The normalized spacial score (nSPS) is 15.9. The minimum atomic E-state index is -3.53. The fourth-order valence-corrected chi connectivity index (χ4v) is 1.01. The van der Waals surface area contributed by atoms with Gasteiger partial charge in [0.2, 0.25) is 0 Å². The first kappa shape index (κ1) is 15.6. The van der Waals surface area contributed by atoms with Crippen LogP contribution in [0.4, 0.5) is 17.6 Å². The van der Waals surface area contributed by atoms with Crippen LogP contribution in [0.5, 0.6) is 0 Å². The van der Waals surface area contributed by atoms with E-state index in [2.05, 4.69) is 9.47 Å². The van der Waals surface area contributed by atoms with E-state index in [-0.39, 0.29) is 0 Å². The van der Waals surface area contributed by atoms with Gasteiger partial charge in [0.05, 0.1) is 17.6 Å². The Labute approximate surface area is 92.9 Å². The quantitative estimate of drug-likeness (QED) is 0.666. The minimum absolute atomic E-state index is 0.701. The molecule has 0 fully saturated rings. The topological polar surface area (TPSA) is 18.5 Å². The molecule has 0 aromatic carbocycles. The van der Waals surface area contributed by atoms with Crippen molar-refractivity contribution >= 4 is 0 Å². The Bertz CT molecular complexity index is 217. The first-order valence-corrected chi connectivity index (χ1v) is 5.00. The van der Waals surface area contributed by atoms with Gasteiger partial charge in [0.25, 0.3) is 0 Å². The molecule has 0 spiro atoms. The van der Waals surface area contributed by atoms with Crippen molar-refractivity contribution < 1.29 is 27.0 Å². The van der Waals surface area contributed by atoms with E-state index in [0.717, 1.165) is 13.8 Å². The summed E-state index contributed by atoms with van der Waals surface area (Å²) < 4.78 is 59.7. The zero-order valence-electron chi connectivity index (χ0n) is 10.1. The number of hydrogen-bond donors (Lipinski definition) is 0. The van der Waals surface area contributed by atoms with E-state index in [0.29, 0.717) is 0 Å². The number of rotatable bonds is 6. The molecule has 0 aliphatic heterocycles. The molecule has 0 aliphatic carbocycles. The minimum Gasteiger partial charge on any atom is -0.319 e. The number of hydrogen-bond acceptors (Lipinski definition) is 2.